The lowest BCUT2D eigenvalue weighted by Gasteiger charge is -2.07. The summed E-state index contributed by atoms with van der Waals surface area (Å²) in [5.41, 5.74) is 7.46. The summed E-state index contributed by atoms with van der Waals surface area (Å²) in [7, 11) is 0. The molecule has 0 saturated carbocycles. The van der Waals surface area contributed by atoms with E-state index in [1.165, 1.54) is 0 Å². The minimum absolute atomic E-state index is 0.197. The lowest BCUT2D eigenvalue weighted by Crippen LogP contribution is -2.41. The van der Waals surface area contributed by atoms with Crippen LogP contribution in [-0.4, -0.2) is 21.6 Å². The first-order chi connectivity index (χ1) is 14.7. The van der Waals surface area contributed by atoms with Gasteiger partial charge >= 0.3 is 0 Å². The number of amides is 2. The predicted molar refractivity (Wildman–Crippen MR) is 112 cm³/mol. The minimum Gasteiger partial charge on any atom is -0.469 e. The number of carbonyl (C=O) groups excluding carboxylic acids is 2. The van der Waals surface area contributed by atoms with Gasteiger partial charge in [0, 0.05) is 24.6 Å². The highest BCUT2D eigenvalue weighted by molar-refractivity contribution is 6.00. The molecule has 2 amide bonds. The quantitative estimate of drug-likeness (QED) is 0.485. The molecule has 2 aromatic carbocycles. The van der Waals surface area contributed by atoms with Gasteiger partial charge in [0.2, 0.25) is 5.91 Å². The molecule has 0 aliphatic heterocycles. The van der Waals surface area contributed by atoms with E-state index in [1.54, 1.807) is 29.3 Å². The van der Waals surface area contributed by atoms with E-state index in [0.717, 1.165) is 11.3 Å². The van der Waals surface area contributed by atoms with E-state index in [4.69, 9.17) is 4.42 Å². The highest BCUT2D eigenvalue weighted by Crippen LogP contribution is 2.23. The van der Waals surface area contributed by atoms with Gasteiger partial charge in [-0.2, -0.15) is 5.10 Å². The van der Waals surface area contributed by atoms with Gasteiger partial charge < -0.3 is 4.42 Å². The minimum atomic E-state index is -0.442. The van der Waals surface area contributed by atoms with Gasteiger partial charge in [0.25, 0.3) is 5.91 Å². The van der Waals surface area contributed by atoms with Gasteiger partial charge in [-0.05, 0) is 24.3 Å². The zero-order valence-electron chi connectivity index (χ0n) is 16.1. The van der Waals surface area contributed by atoms with Crippen LogP contribution in [0.2, 0.25) is 0 Å². The zero-order chi connectivity index (χ0) is 20.8. The molecule has 0 aliphatic rings. The van der Waals surface area contributed by atoms with Crippen LogP contribution in [0.4, 0.5) is 0 Å². The molecule has 150 valence electrons. The largest absolute Gasteiger partial charge is 0.469 e. The lowest BCUT2D eigenvalue weighted by molar-refractivity contribution is -0.121. The van der Waals surface area contributed by atoms with Crippen molar-refractivity contribution in [2.24, 2.45) is 0 Å². The number of furan rings is 1. The smallest absolute Gasteiger partial charge is 0.273 e. The second-order valence-corrected chi connectivity index (χ2v) is 6.62. The molecule has 0 unspecified atom stereocenters. The van der Waals surface area contributed by atoms with E-state index >= 15 is 0 Å². The normalized spacial score (nSPS) is 10.5. The molecule has 4 rings (SSSR count). The Morgan fingerprint density at radius 3 is 2.33 bits per heavy atom. The van der Waals surface area contributed by atoms with Gasteiger partial charge in [0.15, 0.2) is 0 Å². The number of hydrogen-bond acceptors (Lipinski definition) is 4. The first kappa shape index (κ1) is 19.2. The Morgan fingerprint density at radius 2 is 1.63 bits per heavy atom. The predicted octanol–water partition coefficient (Wildman–Crippen LogP) is 3.53. The fourth-order valence-corrected chi connectivity index (χ4v) is 3.01. The summed E-state index contributed by atoms with van der Waals surface area (Å²) in [6.45, 7) is 0. The van der Waals surface area contributed by atoms with Crippen LogP contribution in [-0.2, 0) is 11.2 Å². The Hall–Kier alpha value is -4.13. The number of hydrogen-bond donors (Lipinski definition) is 2. The number of nitrogens with zero attached hydrogens (tertiary/aromatic N) is 2. The number of nitrogens with one attached hydrogen (secondary N) is 2. The van der Waals surface area contributed by atoms with Crippen LogP contribution in [0.3, 0.4) is 0 Å². The van der Waals surface area contributed by atoms with Crippen molar-refractivity contribution in [3.05, 3.63) is 96.6 Å². The van der Waals surface area contributed by atoms with Crippen LogP contribution < -0.4 is 10.9 Å². The number of benzene rings is 2. The van der Waals surface area contributed by atoms with Crippen molar-refractivity contribution in [2.75, 3.05) is 0 Å². The molecular weight excluding hydrogens is 380 g/mol. The SMILES string of the molecule is O=C(CCc1ccco1)NNC(=O)c1cn(-c2ccccc2)nc1-c1ccccc1. The zero-order valence-corrected chi connectivity index (χ0v) is 16.1. The van der Waals surface area contributed by atoms with Crippen molar-refractivity contribution >= 4 is 11.8 Å². The summed E-state index contributed by atoms with van der Waals surface area (Å²) < 4.78 is 6.86. The van der Waals surface area contributed by atoms with E-state index in [0.29, 0.717) is 23.4 Å². The molecule has 0 saturated heterocycles. The molecule has 0 fully saturated rings. The van der Waals surface area contributed by atoms with Gasteiger partial charge in [0.05, 0.1) is 17.5 Å². The molecule has 2 N–H and O–H groups in total. The Bertz CT molecular complexity index is 1120. The second-order valence-electron chi connectivity index (χ2n) is 6.62. The summed E-state index contributed by atoms with van der Waals surface area (Å²) in [4.78, 5) is 24.9. The van der Waals surface area contributed by atoms with E-state index in [2.05, 4.69) is 16.0 Å². The molecule has 30 heavy (non-hydrogen) atoms. The fourth-order valence-electron chi connectivity index (χ4n) is 3.01. The van der Waals surface area contributed by atoms with Crippen molar-refractivity contribution < 1.29 is 14.0 Å². The van der Waals surface area contributed by atoms with Crippen LogP contribution in [0.25, 0.3) is 16.9 Å². The summed E-state index contributed by atoms with van der Waals surface area (Å²) in [5, 5.41) is 4.60. The standard InChI is InChI=1S/C23H20N4O3/c28-21(14-13-19-12-7-15-30-19)24-25-23(29)20-16-27(18-10-5-2-6-11-18)26-22(20)17-8-3-1-4-9-17/h1-12,15-16H,13-14H2,(H,24,28)(H,25,29). The molecule has 4 aromatic rings. The summed E-state index contributed by atoms with van der Waals surface area (Å²) in [5.74, 6) is -0.0363. The molecular formula is C23H20N4O3. The third kappa shape index (κ3) is 4.47. The van der Waals surface area contributed by atoms with Crippen molar-refractivity contribution in [1.29, 1.82) is 0 Å². The molecule has 0 bridgehead atoms. The third-order valence-electron chi connectivity index (χ3n) is 4.52. The summed E-state index contributed by atoms with van der Waals surface area (Å²) in [6, 6.07) is 22.5. The Kier molecular flexibility index (Phi) is 5.70. The molecule has 0 atom stereocenters. The van der Waals surface area contributed by atoms with Crippen LogP contribution in [0.1, 0.15) is 22.5 Å². The highest BCUT2D eigenvalue weighted by Gasteiger charge is 2.19. The summed E-state index contributed by atoms with van der Waals surface area (Å²) >= 11 is 0. The second kappa shape index (κ2) is 8.91. The van der Waals surface area contributed by atoms with E-state index < -0.39 is 5.91 Å². The van der Waals surface area contributed by atoms with Crippen LogP contribution in [0, 0.1) is 0 Å². The lowest BCUT2D eigenvalue weighted by atomic mass is 10.1. The average molecular weight is 400 g/mol. The van der Waals surface area contributed by atoms with Crippen molar-refractivity contribution in [3.8, 4) is 16.9 Å². The molecule has 7 nitrogen and oxygen atoms in total. The number of aromatic nitrogens is 2. The molecule has 2 aromatic heterocycles. The number of carbonyl (C=O) groups is 2. The fraction of sp³-hybridized carbons (Fsp3) is 0.0870. The Morgan fingerprint density at radius 1 is 0.900 bits per heavy atom. The summed E-state index contributed by atoms with van der Waals surface area (Å²) in [6.07, 6.45) is 3.87. The van der Waals surface area contributed by atoms with E-state index in [1.807, 2.05) is 60.7 Å². The number of aryl methyl sites for hydroxylation is 1. The van der Waals surface area contributed by atoms with Crippen LogP contribution in [0.15, 0.2) is 89.7 Å². The number of hydrazine groups is 1. The molecule has 0 radical (unpaired) electrons. The van der Waals surface area contributed by atoms with E-state index in [-0.39, 0.29) is 12.3 Å². The van der Waals surface area contributed by atoms with Crippen LogP contribution >= 0.6 is 0 Å². The third-order valence-corrected chi connectivity index (χ3v) is 4.52. The molecule has 7 heteroatoms. The maximum absolute atomic E-state index is 12.8. The molecule has 2 heterocycles. The highest BCUT2D eigenvalue weighted by atomic mass is 16.3. The van der Waals surface area contributed by atoms with Crippen molar-refractivity contribution in [2.45, 2.75) is 12.8 Å². The van der Waals surface area contributed by atoms with Gasteiger partial charge in [-0.1, -0.05) is 48.5 Å². The molecule has 0 aliphatic carbocycles. The Balaban J connectivity index is 1.50. The maximum atomic E-state index is 12.8. The van der Waals surface area contributed by atoms with Gasteiger partial charge in [-0.3, -0.25) is 20.4 Å². The molecule has 0 spiro atoms. The number of para-hydroxylation sites is 1. The number of rotatable bonds is 6. The van der Waals surface area contributed by atoms with E-state index in [9.17, 15) is 9.59 Å². The van der Waals surface area contributed by atoms with Gasteiger partial charge in [0.1, 0.15) is 11.5 Å². The van der Waals surface area contributed by atoms with Crippen molar-refractivity contribution in [1.82, 2.24) is 20.6 Å². The van der Waals surface area contributed by atoms with Gasteiger partial charge in [-0.15, -0.1) is 0 Å². The van der Waals surface area contributed by atoms with Gasteiger partial charge in [-0.25, -0.2) is 4.68 Å². The first-order valence-corrected chi connectivity index (χ1v) is 9.53. The monoisotopic (exact) mass is 400 g/mol. The van der Waals surface area contributed by atoms with Crippen LogP contribution in [0.5, 0.6) is 0 Å². The maximum Gasteiger partial charge on any atom is 0.273 e. The Labute approximate surface area is 173 Å². The first-order valence-electron chi connectivity index (χ1n) is 9.53. The topological polar surface area (TPSA) is 89.2 Å². The van der Waals surface area contributed by atoms with Crippen molar-refractivity contribution in [3.63, 3.8) is 0 Å². The average Bonchev–Trinajstić information content (AvgIpc) is 3.47.